The van der Waals surface area contributed by atoms with Gasteiger partial charge in [-0.3, -0.25) is 0 Å². The van der Waals surface area contributed by atoms with Gasteiger partial charge in [-0.2, -0.15) is 0 Å². The van der Waals surface area contributed by atoms with E-state index in [-0.39, 0.29) is 19.0 Å². The number of aliphatic hydroxyl groups excluding tert-OH is 4. The smallest absolute Gasteiger partial charge is 0.0993 e. The molecular formula is C18H29Cl2NO4. The molecule has 0 spiro atoms. The van der Waals surface area contributed by atoms with Crippen LogP contribution in [0.25, 0.3) is 0 Å². The lowest BCUT2D eigenvalue weighted by Crippen LogP contribution is -2.44. The van der Waals surface area contributed by atoms with Crippen molar-refractivity contribution >= 4 is 24.0 Å². The Hall–Kier alpha value is -0.400. The van der Waals surface area contributed by atoms with E-state index < -0.39 is 30.4 Å². The summed E-state index contributed by atoms with van der Waals surface area (Å²) < 4.78 is 0. The maximum Gasteiger partial charge on any atom is 0.0993 e. The average molecular weight is 394 g/mol. The second-order valence-electron chi connectivity index (χ2n) is 6.61. The average Bonchev–Trinajstić information content (AvgIpc) is 2.87. The minimum Gasteiger partial charge on any atom is -0.395 e. The summed E-state index contributed by atoms with van der Waals surface area (Å²) in [5.74, 6) is 0. The zero-order valence-electron chi connectivity index (χ0n) is 14.2. The molecule has 0 aromatic heterocycles. The summed E-state index contributed by atoms with van der Waals surface area (Å²) in [6.07, 6.45) is 2.85. The van der Waals surface area contributed by atoms with Crippen LogP contribution in [-0.2, 0) is 6.42 Å². The van der Waals surface area contributed by atoms with Gasteiger partial charge < -0.3 is 25.7 Å². The van der Waals surface area contributed by atoms with Crippen molar-refractivity contribution in [1.29, 1.82) is 0 Å². The van der Waals surface area contributed by atoms with Crippen LogP contribution < -0.4 is 5.32 Å². The van der Waals surface area contributed by atoms with E-state index >= 15 is 0 Å². The lowest BCUT2D eigenvalue weighted by Gasteiger charge is -2.22. The minimum atomic E-state index is -1.04. The van der Waals surface area contributed by atoms with Gasteiger partial charge in [-0.15, -0.1) is 12.4 Å². The molecule has 1 aromatic carbocycles. The number of halogens is 2. The van der Waals surface area contributed by atoms with Crippen molar-refractivity contribution < 1.29 is 20.4 Å². The summed E-state index contributed by atoms with van der Waals surface area (Å²) in [7, 11) is 0. The lowest BCUT2D eigenvalue weighted by molar-refractivity contribution is -0.00443. The van der Waals surface area contributed by atoms with Crippen molar-refractivity contribution in [2.24, 2.45) is 0 Å². The fourth-order valence-corrected chi connectivity index (χ4v) is 3.39. The number of aliphatic hydroxyl groups is 4. The Morgan fingerprint density at radius 2 is 1.64 bits per heavy atom. The molecule has 1 aliphatic rings. The maximum absolute atomic E-state index is 10.2. The second-order valence-corrected chi connectivity index (χ2v) is 7.05. The first-order chi connectivity index (χ1) is 11.5. The summed E-state index contributed by atoms with van der Waals surface area (Å²) in [6.45, 7) is -0.258. The van der Waals surface area contributed by atoms with Crippen LogP contribution >= 0.6 is 24.0 Å². The van der Waals surface area contributed by atoms with Gasteiger partial charge in [0.1, 0.15) is 0 Å². The molecule has 2 rings (SSSR count). The highest BCUT2D eigenvalue weighted by molar-refractivity contribution is 6.30. The third-order valence-corrected chi connectivity index (χ3v) is 5.03. The molecule has 0 amide bonds. The van der Waals surface area contributed by atoms with Crippen LogP contribution in [0.1, 0.15) is 37.7 Å². The highest BCUT2D eigenvalue weighted by Crippen LogP contribution is 2.20. The SMILES string of the molecule is Cl.OC[C@@H]1N[C@@H]([C@@H](O)CCCCCCc2ccc(Cl)cc2)[C@H](O)[C@H]1O. The van der Waals surface area contributed by atoms with Gasteiger partial charge in [-0.25, -0.2) is 0 Å². The number of benzene rings is 1. The van der Waals surface area contributed by atoms with Crippen LogP contribution in [0.4, 0.5) is 0 Å². The molecule has 1 aromatic rings. The molecule has 0 radical (unpaired) electrons. The molecular weight excluding hydrogens is 365 g/mol. The standard InChI is InChI=1S/C18H28ClNO4.ClH/c19-13-9-7-12(8-10-13)5-3-1-2-4-6-15(22)16-18(24)17(23)14(11-21)20-16;/h7-10,14-18,20-24H,1-6,11H2;1H/t14-,15-,16-,17-,18-;/m0./s1. The van der Waals surface area contributed by atoms with E-state index in [0.29, 0.717) is 6.42 Å². The number of hydrogen-bond acceptors (Lipinski definition) is 5. The number of unbranched alkanes of at least 4 members (excludes halogenated alkanes) is 3. The predicted octanol–water partition coefficient (Wildman–Crippen LogP) is 1.67. The van der Waals surface area contributed by atoms with Gasteiger partial charge in [0.05, 0.1) is 37.0 Å². The molecule has 0 bridgehead atoms. The summed E-state index contributed by atoms with van der Waals surface area (Å²) >= 11 is 5.86. The zero-order chi connectivity index (χ0) is 17.5. The van der Waals surface area contributed by atoms with Crippen molar-refractivity contribution in [3.63, 3.8) is 0 Å². The molecule has 0 unspecified atom stereocenters. The van der Waals surface area contributed by atoms with E-state index in [1.165, 1.54) is 5.56 Å². The molecule has 1 aliphatic heterocycles. The predicted molar refractivity (Wildman–Crippen MR) is 101 cm³/mol. The van der Waals surface area contributed by atoms with Gasteiger partial charge in [0, 0.05) is 5.02 Å². The number of aryl methyl sites for hydroxylation is 1. The Bertz CT molecular complexity index is 488. The molecule has 1 saturated heterocycles. The lowest BCUT2D eigenvalue weighted by atomic mass is 9.98. The van der Waals surface area contributed by atoms with Gasteiger partial charge in [0.2, 0.25) is 0 Å². The van der Waals surface area contributed by atoms with E-state index in [1.54, 1.807) is 0 Å². The molecule has 7 heteroatoms. The van der Waals surface area contributed by atoms with Crippen LogP contribution in [0.2, 0.25) is 5.02 Å². The summed E-state index contributed by atoms with van der Waals surface area (Å²) in [6, 6.07) is 6.75. The van der Waals surface area contributed by atoms with Crippen molar-refractivity contribution in [3.05, 3.63) is 34.9 Å². The second kappa shape index (κ2) is 11.3. The van der Waals surface area contributed by atoms with Gasteiger partial charge in [0.15, 0.2) is 0 Å². The van der Waals surface area contributed by atoms with Crippen LogP contribution in [0.15, 0.2) is 24.3 Å². The van der Waals surface area contributed by atoms with Crippen molar-refractivity contribution in [1.82, 2.24) is 5.32 Å². The molecule has 5 atom stereocenters. The fraction of sp³-hybridized carbons (Fsp3) is 0.667. The topological polar surface area (TPSA) is 93.0 Å². The van der Waals surface area contributed by atoms with Crippen molar-refractivity contribution in [2.45, 2.75) is 68.9 Å². The number of rotatable bonds is 9. The molecule has 5 N–H and O–H groups in total. The summed E-state index contributed by atoms with van der Waals surface area (Å²) in [5, 5.41) is 42.6. The van der Waals surface area contributed by atoms with Gasteiger partial charge >= 0.3 is 0 Å². The van der Waals surface area contributed by atoms with Crippen LogP contribution in [0, 0.1) is 0 Å². The molecule has 25 heavy (non-hydrogen) atoms. The highest BCUT2D eigenvalue weighted by Gasteiger charge is 2.43. The fourth-order valence-electron chi connectivity index (χ4n) is 3.26. The third-order valence-electron chi connectivity index (χ3n) is 4.78. The number of nitrogens with one attached hydrogen (secondary N) is 1. The number of hydrogen-bond donors (Lipinski definition) is 5. The molecule has 1 heterocycles. The van der Waals surface area contributed by atoms with E-state index in [2.05, 4.69) is 5.32 Å². The van der Waals surface area contributed by atoms with E-state index in [1.807, 2.05) is 24.3 Å². The Kier molecular flexibility index (Phi) is 10.3. The molecule has 144 valence electrons. The Morgan fingerprint density at radius 1 is 1.00 bits per heavy atom. The Morgan fingerprint density at radius 3 is 2.24 bits per heavy atom. The molecule has 5 nitrogen and oxygen atoms in total. The van der Waals surface area contributed by atoms with Gasteiger partial charge in [-0.05, 0) is 37.0 Å². The first-order valence-electron chi connectivity index (χ1n) is 8.68. The quantitative estimate of drug-likeness (QED) is 0.411. The van der Waals surface area contributed by atoms with Crippen molar-refractivity contribution in [2.75, 3.05) is 6.61 Å². The first kappa shape index (κ1) is 22.6. The van der Waals surface area contributed by atoms with Gasteiger partial charge in [-0.1, -0.05) is 43.0 Å². The van der Waals surface area contributed by atoms with Crippen LogP contribution in [-0.4, -0.2) is 57.4 Å². The Balaban J connectivity index is 0.00000312. The first-order valence-corrected chi connectivity index (χ1v) is 9.06. The normalized spacial score (nSPS) is 27.1. The highest BCUT2D eigenvalue weighted by atomic mass is 35.5. The third kappa shape index (κ3) is 6.68. The molecule has 1 fully saturated rings. The zero-order valence-corrected chi connectivity index (χ0v) is 15.8. The van der Waals surface area contributed by atoms with E-state index in [9.17, 15) is 15.3 Å². The monoisotopic (exact) mass is 393 g/mol. The van der Waals surface area contributed by atoms with Gasteiger partial charge in [0.25, 0.3) is 0 Å². The van der Waals surface area contributed by atoms with E-state index in [4.69, 9.17) is 16.7 Å². The maximum atomic E-state index is 10.2. The van der Waals surface area contributed by atoms with Crippen LogP contribution in [0.5, 0.6) is 0 Å². The minimum absolute atomic E-state index is 0. The summed E-state index contributed by atoms with van der Waals surface area (Å²) in [5.41, 5.74) is 1.28. The Labute approximate surface area is 160 Å². The van der Waals surface area contributed by atoms with E-state index in [0.717, 1.165) is 37.1 Å². The largest absolute Gasteiger partial charge is 0.395 e. The van der Waals surface area contributed by atoms with Crippen LogP contribution in [0.3, 0.4) is 0 Å². The molecule has 0 saturated carbocycles. The van der Waals surface area contributed by atoms with Crippen molar-refractivity contribution in [3.8, 4) is 0 Å². The summed E-state index contributed by atoms with van der Waals surface area (Å²) in [4.78, 5) is 0. The molecule has 0 aliphatic carbocycles.